The summed E-state index contributed by atoms with van der Waals surface area (Å²) in [4.78, 5) is 0.875. The maximum atomic E-state index is 12.4. The number of aryl methyl sites for hydroxylation is 1. The highest BCUT2D eigenvalue weighted by atomic mass is 32.2. The lowest BCUT2D eigenvalue weighted by Crippen LogP contribution is -1.96. The smallest absolute Gasteiger partial charge is 0.0574 e. The van der Waals surface area contributed by atoms with E-state index in [1.165, 1.54) is 11.1 Å². The molecule has 2 heteroatoms. The molecule has 0 spiro atoms. The summed E-state index contributed by atoms with van der Waals surface area (Å²) in [5.74, 6) is 0.560. The summed E-state index contributed by atoms with van der Waals surface area (Å²) >= 11 is 0. The third-order valence-electron chi connectivity index (χ3n) is 3.64. The third kappa shape index (κ3) is 3.52. The van der Waals surface area contributed by atoms with Crippen molar-refractivity contribution in [1.29, 1.82) is 0 Å². The molecule has 0 saturated heterocycles. The summed E-state index contributed by atoms with van der Waals surface area (Å²) in [6.07, 6.45) is 0. The van der Waals surface area contributed by atoms with Crippen molar-refractivity contribution < 1.29 is 4.21 Å². The second-order valence-corrected chi connectivity index (χ2v) is 6.82. The Hall–Kier alpha value is -2.19. The molecule has 1 atom stereocenters. The second-order valence-electron chi connectivity index (χ2n) is 5.37. The summed E-state index contributed by atoms with van der Waals surface area (Å²) in [6.45, 7) is 2.08. The molecule has 0 aliphatic rings. The molecule has 3 aromatic rings. The molecule has 0 N–H and O–H groups in total. The van der Waals surface area contributed by atoms with Gasteiger partial charge in [-0.3, -0.25) is 4.21 Å². The molecular weight excluding hydrogens is 288 g/mol. The van der Waals surface area contributed by atoms with Gasteiger partial charge in [-0.1, -0.05) is 72.3 Å². The van der Waals surface area contributed by atoms with Crippen LogP contribution in [0, 0.1) is 6.92 Å². The van der Waals surface area contributed by atoms with Crippen molar-refractivity contribution in [1.82, 2.24) is 0 Å². The molecular formula is C20H18OS. The lowest BCUT2D eigenvalue weighted by molar-refractivity contribution is 0.682. The van der Waals surface area contributed by atoms with Crippen LogP contribution in [0.2, 0.25) is 0 Å². The lowest BCUT2D eigenvalue weighted by Gasteiger charge is -2.06. The summed E-state index contributed by atoms with van der Waals surface area (Å²) in [6, 6.07) is 26.4. The first kappa shape index (κ1) is 14.7. The Bertz CT molecular complexity index is 759. The van der Waals surface area contributed by atoms with Crippen LogP contribution in [0.1, 0.15) is 11.1 Å². The molecule has 1 nitrogen and oxygen atoms in total. The SMILES string of the molecule is Cc1ccc(-c2ccc(S(=O)Cc3ccccc3)cc2)cc1. The minimum Gasteiger partial charge on any atom is -0.254 e. The normalized spacial score (nSPS) is 12.0. The summed E-state index contributed by atoms with van der Waals surface area (Å²) in [7, 11) is -1.00. The Labute approximate surface area is 134 Å². The second kappa shape index (κ2) is 6.71. The predicted molar refractivity (Wildman–Crippen MR) is 93.2 cm³/mol. The molecule has 3 aromatic carbocycles. The number of hydrogen-bond acceptors (Lipinski definition) is 1. The molecule has 110 valence electrons. The van der Waals surface area contributed by atoms with Crippen LogP contribution in [-0.4, -0.2) is 4.21 Å². The van der Waals surface area contributed by atoms with E-state index in [0.717, 1.165) is 16.0 Å². The fraction of sp³-hybridized carbons (Fsp3) is 0.100. The molecule has 0 heterocycles. The maximum absolute atomic E-state index is 12.4. The van der Waals surface area contributed by atoms with Gasteiger partial charge in [0.2, 0.25) is 0 Å². The highest BCUT2D eigenvalue weighted by Crippen LogP contribution is 2.22. The van der Waals surface area contributed by atoms with E-state index in [1.54, 1.807) is 0 Å². The van der Waals surface area contributed by atoms with E-state index in [1.807, 2.05) is 54.6 Å². The summed E-state index contributed by atoms with van der Waals surface area (Å²) in [5, 5.41) is 0. The van der Waals surface area contributed by atoms with Gasteiger partial charge in [-0.15, -0.1) is 0 Å². The van der Waals surface area contributed by atoms with Crippen LogP contribution in [0.15, 0.2) is 83.8 Å². The van der Waals surface area contributed by atoms with Gasteiger partial charge in [-0.05, 0) is 35.7 Å². The average molecular weight is 306 g/mol. The fourth-order valence-electron chi connectivity index (χ4n) is 2.35. The van der Waals surface area contributed by atoms with Gasteiger partial charge in [-0.25, -0.2) is 0 Å². The Morgan fingerprint density at radius 3 is 1.86 bits per heavy atom. The fourth-order valence-corrected chi connectivity index (χ4v) is 3.46. The zero-order valence-corrected chi connectivity index (χ0v) is 13.3. The predicted octanol–water partition coefficient (Wildman–Crippen LogP) is 4.97. The first-order chi connectivity index (χ1) is 10.7. The Morgan fingerprint density at radius 2 is 1.27 bits per heavy atom. The van der Waals surface area contributed by atoms with Crippen LogP contribution in [0.4, 0.5) is 0 Å². The van der Waals surface area contributed by atoms with Crippen molar-refractivity contribution in [3.05, 3.63) is 90.0 Å². The first-order valence-electron chi connectivity index (χ1n) is 7.32. The van der Waals surface area contributed by atoms with Crippen LogP contribution in [-0.2, 0) is 16.6 Å². The van der Waals surface area contributed by atoms with Crippen LogP contribution in [0.5, 0.6) is 0 Å². The van der Waals surface area contributed by atoms with Crippen molar-refractivity contribution >= 4 is 10.8 Å². The Morgan fingerprint density at radius 1 is 0.727 bits per heavy atom. The van der Waals surface area contributed by atoms with E-state index >= 15 is 0 Å². The maximum Gasteiger partial charge on any atom is 0.0574 e. The van der Waals surface area contributed by atoms with Crippen LogP contribution in [0.3, 0.4) is 0 Å². The van der Waals surface area contributed by atoms with E-state index < -0.39 is 10.8 Å². The molecule has 0 saturated carbocycles. The largest absolute Gasteiger partial charge is 0.254 e. The van der Waals surface area contributed by atoms with Gasteiger partial charge in [0.25, 0.3) is 0 Å². The number of rotatable bonds is 4. The van der Waals surface area contributed by atoms with Gasteiger partial charge in [0.15, 0.2) is 0 Å². The van der Waals surface area contributed by atoms with Gasteiger partial charge in [-0.2, -0.15) is 0 Å². The van der Waals surface area contributed by atoms with Crippen molar-refractivity contribution in [2.75, 3.05) is 0 Å². The van der Waals surface area contributed by atoms with E-state index in [0.29, 0.717) is 5.75 Å². The Kier molecular flexibility index (Phi) is 4.50. The quantitative estimate of drug-likeness (QED) is 0.665. The van der Waals surface area contributed by atoms with Crippen molar-refractivity contribution in [2.24, 2.45) is 0 Å². The van der Waals surface area contributed by atoms with Crippen molar-refractivity contribution in [2.45, 2.75) is 17.6 Å². The molecule has 0 fully saturated rings. The van der Waals surface area contributed by atoms with E-state index in [4.69, 9.17) is 0 Å². The summed E-state index contributed by atoms with van der Waals surface area (Å²) in [5.41, 5.74) is 4.69. The zero-order chi connectivity index (χ0) is 15.4. The molecule has 3 rings (SSSR count). The lowest BCUT2D eigenvalue weighted by atomic mass is 10.0. The molecule has 0 radical (unpaired) electrons. The highest BCUT2D eigenvalue weighted by molar-refractivity contribution is 7.84. The van der Waals surface area contributed by atoms with Crippen LogP contribution in [0.25, 0.3) is 11.1 Å². The van der Waals surface area contributed by atoms with E-state index in [2.05, 4.69) is 31.2 Å². The van der Waals surface area contributed by atoms with Crippen LogP contribution < -0.4 is 0 Å². The van der Waals surface area contributed by atoms with E-state index in [-0.39, 0.29) is 0 Å². The summed E-state index contributed by atoms with van der Waals surface area (Å²) < 4.78 is 12.4. The molecule has 1 unspecified atom stereocenters. The minimum absolute atomic E-state index is 0.560. The van der Waals surface area contributed by atoms with Gasteiger partial charge in [0, 0.05) is 4.90 Å². The Balaban J connectivity index is 1.76. The molecule has 0 aromatic heterocycles. The third-order valence-corrected chi connectivity index (χ3v) is 5.04. The molecule has 0 aliphatic heterocycles. The van der Waals surface area contributed by atoms with Crippen molar-refractivity contribution in [3.8, 4) is 11.1 Å². The topological polar surface area (TPSA) is 17.1 Å². The van der Waals surface area contributed by atoms with E-state index in [9.17, 15) is 4.21 Å². The highest BCUT2D eigenvalue weighted by Gasteiger charge is 2.05. The minimum atomic E-state index is -1.00. The molecule has 0 amide bonds. The number of hydrogen-bond donors (Lipinski definition) is 0. The molecule has 0 bridgehead atoms. The average Bonchev–Trinajstić information content (AvgIpc) is 2.57. The molecule has 0 aliphatic carbocycles. The van der Waals surface area contributed by atoms with Gasteiger partial charge < -0.3 is 0 Å². The number of benzene rings is 3. The zero-order valence-electron chi connectivity index (χ0n) is 12.5. The first-order valence-corrected chi connectivity index (χ1v) is 8.64. The van der Waals surface area contributed by atoms with Gasteiger partial charge >= 0.3 is 0 Å². The van der Waals surface area contributed by atoms with Gasteiger partial charge in [0.05, 0.1) is 16.6 Å². The van der Waals surface area contributed by atoms with Crippen LogP contribution >= 0.6 is 0 Å². The molecule has 22 heavy (non-hydrogen) atoms. The van der Waals surface area contributed by atoms with Crippen molar-refractivity contribution in [3.63, 3.8) is 0 Å². The standard InChI is InChI=1S/C20H18OS/c1-16-7-9-18(10-8-16)19-11-13-20(14-12-19)22(21)15-17-5-3-2-4-6-17/h2-14H,15H2,1H3. The monoisotopic (exact) mass is 306 g/mol. The van der Waals surface area contributed by atoms with Gasteiger partial charge in [0.1, 0.15) is 0 Å².